The number of ether oxygens (including phenoxy) is 1. The average Bonchev–Trinajstić information content (AvgIpc) is 2.67. The van der Waals surface area contributed by atoms with Crippen LogP contribution in [0.1, 0.15) is 21.7 Å². The molecule has 0 radical (unpaired) electrons. The summed E-state index contributed by atoms with van der Waals surface area (Å²) in [6, 6.07) is 1.22. The monoisotopic (exact) mass is 215 g/mol. The first-order valence-corrected chi connectivity index (χ1v) is 4.18. The molecule has 0 unspecified atom stereocenters. The number of H-pyrrole nitrogens is 1. The van der Waals surface area contributed by atoms with Gasteiger partial charge in [-0.15, -0.1) is 0 Å². The topological polar surface area (TPSA) is 59.2 Å². The molecule has 0 spiro atoms. The Morgan fingerprint density at radius 1 is 1.60 bits per heavy atom. The van der Waals surface area contributed by atoms with Crippen molar-refractivity contribution < 1.29 is 23.1 Å². The molecule has 0 aliphatic heterocycles. The van der Waals surface area contributed by atoms with Crippen LogP contribution in [-0.4, -0.2) is 23.8 Å². The molecular weight excluding hydrogens is 208 g/mol. The van der Waals surface area contributed by atoms with E-state index < -0.39 is 23.4 Å². The molecule has 0 atom stereocenters. The number of carbonyl (C=O) groups excluding carboxylic acids is 2. The molecule has 4 nitrogen and oxygen atoms in total. The molecule has 2 rings (SSSR count). The number of nitrogens with one attached hydrogen (secondary N) is 1. The van der Waals surface area contributed by atoms with E-state index in [1.807, 2.05) is 0 Å². The van der Waals surface area contributed by atoms with E-state index in [0.29, 0.717) is 0 Å². The maximum Gasteiger partial charge on any atom is 0.354 e. The zero-order valence-corrected chi connectivity index (χ0v) is 7.77. The van der Waals surface area contributed by atoms with Crippen LogP contribution in [-0.2, 0) is 21.9 Å². The fourth-order valence-electron chi connectivity index (χ4n) is 1.56. The van der Waals surface area contributed by atoms with Gasteiger partial charge in [0.05, 0.1) is 12.8 Å². The van der Waals surface area contributed by atoms with E-state index in [9.17, 15) is 18.4 Å². The van der Waals surface area contributed by atoms with E-state index in [4.69, 9.17) is 0 Å². The van der Waals surface area contributed by atoms with Crippen molar-refractivity contribution in [1.82, 2.24) is 4.98 Å². The Bertz CT molecular complexity index is 450. The molecule has 1 aromatic rings. The highest BCUT2D eigenvalue weighted by Gasteiger charge is 2.49. The molecule has 1 aliphatic carbocycles. The predicted molar refractivity (Wildman–Crippen MR) is 44.7 cm³/mol. The minimum absolute atomic E-state index is 0.0605. The van der Waals surface area contributed by atoms with Crippen molar-refractivity contribution >= 4 is 11.8 Å². The van der Waals surface area contributed by atoms with Gasteiger partial charge in [0.15, 0.2) is 0 Å². The van der Waals surface area contributed by atoms with Crippen molar-refractivity contribution in [3.63, 3.8) is 0 Å². The molecule has 1 aromatic heterocycles. The third-order valence-corrected chi connectivity index (χ3v) is 2.32. The smallest absolute Gasteiger partial charge is 0.354 e. The number of aromatic amines is 1. The maximum atomic E-state index is 13.2. The number of ketones is 1. The first-order valence-electron chi connectivity index (χ1n) is 4.18. The minimum atomic E-state index is -3.51. The normalized spacial score (nSPS) is 17.7. The van der Waals surface area contributed by atoms with Gasteiger partial charge < -0.3 is 9.72 Å². The van der Waals surface area contributed by atoms with Crippen LogP contribution in [0, 0.1) is 0 Å². The lowest BCUT2D eigenvalue weighted by atomic mass is 10.2. The number of carbonyl (C=O) groups is 2. The van der Waals surface area contributed by atoms with Crippen LogP contribution in [0.25, 0.3) is 0 Å². The number of hydrogen-bond donors (Lipinski definition) is 1. The van der Waals surface area contributed by atoms with Crippen LogP contribution in [0.5, 0.6) is 0 Å². The Morgan fingerprint density at radius 2 is 2.27 bits per heavy atom. The molecular formula is C9H7F2NO3. The first-order chi connectivity index (χ1) is 6.96. The van der Waals surface area contributed by atoms with Gasteiger partial charge in [0.1, 0.15) is 5.69 Å². The highest BCUT2D eigenvalue weighted by Crippen LogP contribution is 2.38. The second-order valence-electron chi connectivity index (χ2n) is 3.25. The van der Waals surface area contributed by atoms with E-state index >= 15 is 0 Å². The number of hydrogen-bond acceptors (Lipinski definition) is 3. The second-order valence-corrected chi connectivity index (χ2v) is 3.25. The fraction of sp³-hybridized carbons (Fsp3) is 0.333. The van der Waals surface area contributed by atoms with Gasteiger partial charge in [0.25, 0.3) is 0 Å². The largest absolute Gasteiger partial charge is 0.464 e. The lowest BCUT2D eigenvalue weighted by molar-refractivity contribution is -0.141. The highest BCUT2D eigenvalue weighted by molar-refractivity contribution is 5.95. The Labute approximate surface area is 83.2 Å². The van der Waals surface area contributed by atoms with E-state index in [-0.39, 0.29) is 17.7 Å². The molecule has 0 saturated carbocycles. The van der Waals surface area contributed by atoms with Crippen molar-refractivity contribution in [3.8, 4) is 0 Å². The summed E-state index contributed by atoms with van der Waals surface area (Å²) >= 11 is 0. The van der Waals surface area contributed by atoms with Gasteiger partial charge in [-0.1, -0.05) is 0 Å². The van der Waals surface area contributed by atoms with Gasteiger partial charge in [-0.25, -0.2) is 4.79 Å². The predicted octanol–water partition coefficient (Wildman–Crippen LogP) is 1.02. The molecule has 6 heteroatoms. The summed E-state index contributed by atoms with van der Waals surface area (Å²) in [5.74, 6) is -5.39. The third kappa shape index (κ3) is 1.25. The number of Topliss-reactive ketones (excluding diaryl/α,β-unsaturated/α-hetero) is 1. The molecule has 0 bridgehead atoms. The van der Waals surface area contributed by atoms with E-state index in [1.165, 1.54) is 6.07 Å². The summed E-state index contributed by atoms with van der Waals surface area (Å²) in [4.78, 5) is 24.1. The Kier molecular flexibility index (Phi) is 1.89. The summed E-state index contributed by atoms with van der Waals surface area (Å²) in [6.45, 7) is 0. The van der Waals surface area contributed by atoms with Crippen LogP contribution in [0.4, 0.5) is 8.78 Å². The van der Waals surface area contributed by atoms with Gasteiger partial charge >= 0.3 is 11.9 Å². The van der Waals surface area contributed by atoms with Crippen molar-refractivity contribution in [2.24, 2.45) is 0 Å². The summed E-state index contributed by atoms with van der Waals surface area (Å²) in [7, 11) is 1.15. The second kappa shape index (κ2) is 2.88. The van der Waals surface area contributed by atoms with Gasteiger partial charge in [-0.05, 0) is 11.6 Å². The average molecular weight is 215 g/mol. The lowest BCUT2D eigenvalue weighted by Crippen LogP contribution is -2.21. The molecule has 1 aliphatic rings. The summed E-state index contributed by atoms with van der Waals surface area (Å²) in [5.41, 5.74) is -0.395. The van der Waals surface area contributed by atoms with Crippen LogP contribution < -0.4 is 0 Å². The van der Waals surface area contributed by atoms with Crippen LogP contribution in [0.3, 0.4) is 0 Å². The number of aromatic nitrogens is 1. The van der Waals surface area contributed by atoms with Crippen molar-refractivity contribution in [2.75, 3.05) is 7.11 Å². The minimum Gasteiger partial charge on any atom is -0.464 e. The zero-order valence-electron chi connectivity index (χ0n) is 7.77. The van der Waals surface area contributed by atoms with Crippen LogP contribution >= 0.6 is 0 Å². The lowest BCUT2D eigenvalue weighted by Gasteiger charge is -2.05. The molecule has 0 amide bonds. The van der Waals surface area contributed by atoms with E-state index in [2.05, 4.69) is 9.72 Å². The standard InChI is InChI=1S/C9H7F2NO3/c1-15-8(14)5-2-4-3-6(13)9(10,11)7(4)12-5/h2,12H,3H2,1H3. The Morgan fingerprint density at radius 3 is 2.80 bits per heavy atom. The first kappa shape index (κ1) is 9.82. The summed E-state index contributed by atoms with van der Waals surface area (Å²) < 4.78 is 30.7. The molecule has 15 heavy (non-hydrogen) atoms. The fourth-order valence-corrected chi connectivity index (χ4v) is 1.56. The summed E-state index contributed by atoms with van der Waals surface area (Å²) in [5, 5.41) is 0. The Hall–Kier alpha value is -1.72. The molecule has 0 fully saturated rings. The van der Waals surface area contributed by atoms with Gasteiger partial charge in [-0.2, -0.15) is 8.78 Å². The van der Waals surface area contributed by atoms with Gasteiger partial charge in [-0.3, -0.25) is 4.79 Å². The number of rotatable bonds is 1. The summed E-state index contributed by atoms with van der Waals surface area (Å²) in [6.07, 6.45) is -0.351. The quantitative estimate of drug-likeness (QED) is 0.711. The maximum absolute atomic E-state index is 13.2. The van der Waals surface area contributed by atoms with Crippen LogP contribution in [0.15, 0.2) is 6.07 Å². The zero-order chi connectivity index (χ0) is 11.2. The number of fused-ring (bicyclic) bond motifs is 1. The number of alkyl halides is 2. The number of halogens is 2. The van der Waals surface area contributed by atoms with Crippen molar-refractivity contribution in [2.45, 2.75) is 12.3 Å². The van der Waals surface area contributed by atoms with Gasteiger partial charge in [0.2, 0.25) is 5.78 Å². The third-order valence-electron chi connectivity index (χ3n) is 2.32. The molecule has 0 saturated heterocycles. The molecule has 1 N–H and O–H groups in total. The van der Waals surface area contributed by atoms with Crippen LogP contribution in [0.2, 0.25) is 0 Å². The van der Waals surface area contributed by atoms with Gasteiger partial charge in [0, 0.05) is 6.42 Å². The van der Waals surface area contributed by atoms with Crippen molar-refractivity contribution in [1.29, 1.82) is 0 Å². The Balaban J connectivity index is 2.45. The van der Waals surface area contributed by atoms with Crippen molar-refractivity contribution in [3.05, 3.63) is 23.0 Å². The molecule has 80 valence electrons. The SMILES string of the molecule is COC(=O)c1cc2c([nH]1)C(F)(F)C(=O)C2. The van der Waals surface area contributed by atoms with E-state index in [0.717, 1.165) is 7.11 Å². The number of methoxy groups -OCH3 is 1. The van der Waals surface area contributed by atoms with E-state index in [1.54, 1.807) is 0 Å². The molecule has 1 heterocycles. The highest BCUT2D eigenvalue weighted by atomic mass is 19.3. The number of esters is 1. The molecule has 0 aromatic carbocycles.